The summed E-state index contributed by atoms with van der Waals surface area (Å²) in [5, 5.41) is 16.4. The Morgan fingerprint density at radius 3 is 2.50 bits per heavy atom. The van der Waals surface area contributed by atoms with Crippen molar-refractivity contribution in [3.63, 3.8) is 0 Å². The summed E-state index contributed by atoms with van der Waals surface area (Å²) >= 11 is 0. The van der Waals surface area contributed by atoms with E-state index in [1.165, 1.54) is 11.6 Å². The van der Waals surface area contributed by atoms with Gasteiger partial charge in [-0.25, -0.2) is 19.3 Å². The van der Waals surface area contributed by atoms with E-state index in [-0.39, 0.29) is 13.2 Å². The highest BCUT2D eigenvalue weighted by Gasteiger charge is 2.37. The van der Waals surface area contributed by atoms with Crippen molar-refractivity contribution in [1.82, 2.24) is 20.1 Å². The number of aliphatic carboxylic acids is 1. The molecule has 0 bridgehead atoms. The fourth-order valence-electron chi connectivity index (χ4n) is 2.41. The molecule has 26 heavy (non-hydrogen) atoms. The molecule has 0 fully saturated rings. The highest BCUT2D eigenvalue weighted by Crippen LogP contribution is 2.12. The number of hydrogen-bond acceptors (Lipinski definition) is 5. The van der Waals surface area contributed by atoms with Gasteiger partial charge in [0, 0.05) is 12.8 Å². The van der Waals surface area contributed by atoms with Gasteiger partial charge in [0.2, 0.25) is 0 Å². The van der Waals surface area contributed by atoms with Crippen molar-refractivity contribution in [2.45, 2.75) is 52.3 Å². The third-order valence-electron chi connectivity index (χ3n) is 3.95. The summed E-state index contributed by atoms with van der Waals surface area (Å²) in [5.74, 6) is 0.139. The lowest BCUT2D eigenvalue weighted by Gasteiger charge is -2.26. The number of hydrogen-bond donors (Lipinski definition) is 2. The molecule has 1 aromatic carbocycles. The summed E-state index contributed by atoms with van der Waals surface area (Å²) in [6.45, 7) is 5.28. The Morgan fingerprint density at radius 2 is 1.92 bits per heavy atom. The van der Waals surface area contributed by atoms with E-state index in [0.717, 1.165) is 5.56 Å². The number of nitrogens with one attached hydrogen (secondary N) is 1. The third-order valence-corrected chi connectivity index (χ3v) is 3.95. The summed E-state index contributed by atoms with van der Waals surface area (Å²) in [6, 6.07) is 9.16. The van der Waals surface area contributed by atoms with Crippen LogP contribution in [0.25, 0.3) is 0 Å². The van der Waals surface area contributed by atoms with Crippen LogP contribution < -0.4 is 5.32 Å². The van der Waals surface area contributed by atoms with Gasteiger partial charge in [-0.15, -0.1) is 0 Å². The zero-order valence-electron chi connectivity index (χ0n) is 15.2. The van der Waals surface area contributed by atoms with Crippen LogP contribution in [0.1, 0.15) is 38.0 Å². The molecule has 1 aromatic heterocycles. The molecule has 0 spiro atoms. The highest BCUT2D eigenvalue weighted by molar-refractivity contribution is 5.83. The number of carboxylic acids is 1. The minimum absolute atomic E-state index is 0.0427. The molecule has 1 heterocycles. The quantitative estimate of drug-likeness (QED) is 0.747. The smallest absolute Gasteiger partial charge is 0.408 e. The number of carboxylic acid groups (broad SMARTS) is 1. The lowest BCUT2D eigenvalue weighted by molar-refractivity contribution is -0.144. The van der Waals surface area contributed by atoms with Crippen LogP contribution in [0.5, 0.6) is 0 Å². The SMILES string of the molecule is CCc1nc(CC)n(CC(C)(NC(=O)OCc2ccccc2)C(=O)O)n1. The molecular weight excluding hydrogens is 336 g/mol. The van der Waals surface area contributed by atoms with Gasteiger partial charge in [-0.2, -0.15) is 5.10 Å². The number of alkyl carbamates (subject to hydrolysis) is 1. The van der Waals surface area contributed by atoms with E-state index < -0.39 is 17.6 Å². The van der Waals surface area contributed by atoms with Crippen LogP contribution in [-0.4, -0.2) is 37.5 Å². The second kappa shape index (κ2) is 8.46. The van der Waals surface area contributed by atoms with Gasteiger partial charge in [0.15, 0.2) is 11.4 Å². The van der Waals surface area contributed by atoms with Crippen molar-refractivity contribution in [3.8, 4) is 0 Å². The Morgan fingerprint density at radius 1 is 1.23 bits per heavy atom. The number of benzene rings is 1. The summed E-state index contributed by atoms with van der Waals surface area (Å²) in [4.78, 5) is 28.2. The molecule has 2 rings (SSSR count). The second-order valence-electron chi connectivity index (χ2n) is 6.13. The monoisotopic (exact) mass is 360 g/mol. The van der Waals surface area contributed by atoms with Crippen molar-refractivity contribution in [1.29, 1.82) is 0 Å². The van der Waals surface area contributed by atoms with Crippen LogP contribution in [0.2, 0.25) is 0 Å². The molecule has 0 aliphatic rings. The average molecular weight is 360 g/mol. The van der Waals surface area contributed by atoms with E-state index in [1.54, 1.807) is 0 Å². The van der Waals surface area contributed by atoms with E-state index >= 15 is 0 Å². The third kappa shape index (κ3) is 4.81. The number of rotatable bonds is 8. The Labute approximate surface area is 152 Å². The number of carbonyl (C=O) groups excluding carboxylic acids is 1. The Bertz CT molecular complexity index is 760. The summed E-state index contributed by atoms with van der Waals surface area (Å²) in [7, 11) is 0. The lowest BCUT2D eigenvalue weighted by Crippen LogP contribution is -2.55. The van der Waals surface area contributed by atoms with Gasteiger partial charge in [0.1, 0.15) is 12.4 Å². The molecule has 0 aliphatic heterocycles. The Kier molecular flexibility index (Phi) is 6.32. The standard InChI is InChI=1S/C18H24N4O4/c1-4-14-19-15(5-2)22(21-14)12-18(3,16(23)24)20-17(25)26-11-13-9-7-6-8-10-13/h6-10H,4-5,11-12H2,1-3H3,(H,20,25)(H,23,24). The molecule has 1 atom stereocenters. The van der Waals surface area contributed by atoms with Crippen molar-refractivity contribution in [2.24, 2.45) is 0 Å². The van der Waals surface area contributed by atoms with Crippen molar-refractivity contribution in [3.05, 3.63) is 47.5 Å². The Hall–Kier alpha value is -2.90. The number of nitrogens with zero attached hydrogens (tertiary/aromatic N) is 3. The van der Waals surface area contributed by atoms with E-state index in [9.17, 15) is 14.7 Å². The van der Waals surface area contributed by atoms with Crippen LogP contribution in [0.4, 0.5) is 4.79 Å². The van der Waals surface area contributed by atoms with Gasteiger partial charge in [-0.1, -0.05) is 44.2 Å². The molecule has 2 N–H and O–H groups in total. The van der Waals surface area contributed by atoms with Gasteiger partial charge >= 0.3 is 12.1 Å². The van der Waals surface area contributed by atoms with Crippen molar-refractivity contribution in [2.75, 3.05) is 0 Å². The zero-order valence-corrected chi connectivity index (χ0v) is 15.2. The predicted molar refractivity (Wildman–Crippen MR) is 94.6 cm³/mol. The zero-order chi connectivity index (χ0) is 19.2. The maximum atomic E-state index is 12.1. The van der Waals surface area contributed by atoms with Gasteiger partial charge in [0.05, 0.1) is 6.54 Å². The normalized spacial score (nSPS) is 13.0. The largest absolute Gasteiger partial charge is 0.479 e. The minimum Gasteiger partial charge on any atom is -0.479 e. The van der Waals surface area contributed by atoms with E-state index in [0.29, 0.717) is 24.5 Å². The number of ether oxygens (including phenoxy) is 1. The van der Waals surface area contributed by atoms with Gasteiger partial charge < -0.3 is 15.2 Å². The number of carbonyl (C=O) groups is 2. The fraction of sp³-hybridized carbons (Fsp3) is 0.444. The molecule has 1 unspecified atom stereocenters. The topological polar surface area (TPSA) is 106 Å². The molecule has 0 saturated carbocycles. The van der Waals surface area contributed by atoms with Crippen molar-refractivity contribution >= 4 is 12.1 Å². The molecule has 0 aliphatic carbocycles. The average Bonchev–Trinajstić information content (AvgIpc) is 3.02. The number of amides is 1. The van der Waals surface area contributed by atoms with Gasteiger partial charge in [-0.05, 0) is 12.5 Å². The fourth-order valence-corrected chi connectivity index (χ4v) is 2.41. The van der Waals surface area contributed by atoms with Crippen LogP contribution in [-0.2, 0) is 35.5 Å². The predicted octanol–water partition coefficient (Wildman–Crippen LogP) is 2.17. The van der Waals surface area contributed by atoms with Crippen LogP contribution in [0, 0.1) is 0 Å². The maximum absolute atomic E-state index is 12.1. The van der Waals surface area contributed by atoms with Gasteiger partial charge in [-0.3, -0.25) is 0 Å². The second-order valence-corrected chi connectivity index (χ2v) is 6.13. The molecule has 1 amide bonds. The minimum atomic E-state index is -1.57. The molecular formula is C18H24N4O4. The first kappa shape index (κ1) is 19.4. The lowest BCUT2D eigenvalue weighted by atomic mass is 10.0. The summed E-state index contributed by atoms with van der Waals surface area (Å²) in [6.07, 6.45) is 0.463. The van der Waals surface area contributed by atoms with Crippen LogP contribution in [0.3, 0.4) is 0 Å². The summed E-state index contributed by atoms with van der Waals surface area (Å²) < 4.78 is 6.67. The van der Waals surface area contributed by atoms with Crippen LogP contribution >= 0.6 is 0 Å². The number of aromatic nitrogens is 3. The first-order valence-corrected chi connectivity index (χ1v) is 8.52. The highest BCUT2D eigenvalue weighted by atomic mass is 16.5. The molecule has 8 heteroatoms. The first-order valence-electron chi connectivity index (χ1n) is 8.52. The van der Waals surface area contributed by atoms with E-state index in [4.69, 9.17) is 4.74 Å². The molecule has 8 nitrogen and oxygen atoms in total. The summed E-state index contributed by atoms with van der Waals surface area (Å²) in [5.41, 5.74) is -0.757. The van der Waals surface area contributed by atoms with Crippen LogP contribution in [0.15, 0.2) is 30.3 Å². The molecule has 0 saturated heterocycles. The van der Waals surface area contributed by atoms with Crippen molar-refractivity contribution < 1.29 is 19.4 Å². The molecule has 140 valence electrons. The maximum Gasteiger partial charge on any atom is 0.408 e. The Balaban J connectivity index is 2.07. The van der Waals surface area contributed by atoms with Gasteiger partial charge in [0.25, 0.3) is 0 Å². The van der Waals surface area contributed by atoms with E-state index in [2.05, 4.69) is 15.4 Å². The van der Waals surface area contributed by atoms with E-state index in [1.807, 2.05) is 44.2 Å². The molecule has 0 radical (unpaired) electrons. The number of aryl methyl sites for hydroxylation is 2. The molecule has 2 aromatic rings. The first-order chi connectivity index (χ1) is 12.4.